The molecule has 2 unspecified atom stereocenters. The summed E-state index contributed by atoms with van der Waals surface area (Å²) in [6.45, 7) is 4.57. The minimum Gasteiger partial charge on any atom is -0.492 e. The van der Waals surface area contributed by atoms with Crippen LogP contribution >= 0.6 is 0 Å². The van der Waals surface area contributed by atoms with Crippen LogP contribution in [0.25, 0.3) is 0 Å². The number of benzene rings is 1. The molecular weight excluding hydrogens is 228 g/mol. The minimum absolute atomic E-state index is 0.400. The number of ether oxygens (including phenoxy) is 2. The first-order valence-electron chi connectivity index (χ1n) is 6.69. The van der Waals surface area contributed by atoms with E-state index in [2.05, 4.69) is 11.0 Å². The van der Waals surface area contributed by atoms with Gasteiger partial charge in [-0.15, -0.1) is 0 Å². The zero-order valence-corrected chi connectivity index (χ0v) is 10.8. The fourth-order valence-electron chi connectivity index (χ4n) is 2.83. The molecule has 1 aromatic rings. The molecule has 0 aliphatic carbocycles. The van der Waals surface area contributed by atoms with E-state index in [4.69, 9.17) is 15.2 Å². The fraction of sp³-hybridized carbons (Fsp3) is 0.571. The van der Waals surface area contributed by atoms with E-state index in [0.717, 1.165) is 18.8 Å². The number of morpholine rings is 1. The Balaban J connectivity index is 1.81. The maximum atomic E-state index is 5.90. The van der Waals surface area contributed by atoms with Gasteiger partial charge in [0, 0.05) is 24.8 Å². The van der Waals surface area contributed by atoms with Crippen molar-refractivity contribution in [3.8, 4) is 5.75 Å². The van der Waals surface area contributed by atoms with Crippen LogP contribution in [-0.4, -0.2) is 31.9 Å². The van der Waals surface area contributed by atoms with Crippen LogP contribution in [0.2, 0.25) is 0 Å². The summed E-state index contributed by atoms with van der Waals surface area (Å²) < 4.78 is 11.4. The predicted octanol–water partition coefficient (Wildman–Crippen LogP) is 2.04. The number of nitrogens with zero attached hydrogens (tertiary/aromatic N) is 1. The highest BCUT2D eigenvalue weighted by Gasteiger charge is 2.33. The second-order valence-corrected chi connectivity index (χ2v) is 5.02. The van der Waals surface area contributed by atoms with E-state index in [1.54, 1.807) is 0 Å². The lowest BCUT2D eigenvalue weighted by atomic mass is 10.2. The van der Waals surface area contributed by atoms with Crippen molar-refractivity contribution < 1.29 is 9.47 Å². The van der Waals surface area contributed by atoms with Crippen molar-refractivity contribution in [2.75, 3.05) is 30.3 Å². The minimum atomic E-state index is 0.400. The van der Waals surface area contributed by atoms with Gasteiger partial charge in [0.2, 0.25) is 0 Å². The van der Waals surface area contributed by atoms with Crippen molar-refractivity contribution in [2.24, 2.45) is 0 Å². The Bertz CT molecular complexity index is 424. The largest absolute Gasteiger partial charge is 0.492 e. The highest BCUT2D eigenvalue weighted by Crippen LogP contribution is 2.33. The van der Waals surface area contributed by atoms with E-state index in [9.17, 15) is 0 Å². The molecule has 0 spiro atoms. The number of hydrogen-bond donors (Lipinski definition) is 1. The number of nitrogens with two attached hydrogens (primary N) is 1. The molecule has 2 heterocycles. The van der Waals surface area contributed by atoms with Crippen LogP contribution in [0, 0.1) is 0 Å². The van der Waals surface area contributed by atoms with Crippen molar-refractivity contribution in [3.05, 3.63) is 18.2 Å². The van der Waals surface area contributed by atoms with Gasteiger partial charge in [-0.05, 0) is 31.9 Å². The summed E-state index contributed by atoms with van der Waals surface area (Å²) in [5, 5.41) is 0. The average molecular weight is 248 g/mol. The van der Waals surface area contributed by atoms with Crippen LogP contribution in [0.3, 0.4) is 0 Å². The number of fused-ring (bicyclic) bond motifs is 2. The Morgan fingerprint density at radius 3 is 2.72 bits per heavy atom. The lowest BCUT2D eigenvalue weighted by Gasteiger charge is -2.34. The maximum absolute atomic E-state index is 5.90. The number of anilines is 2. The normalized spacial score (nSPS) is 26.4. The Labute approximate surface area is 108 Å². The molecule has 1 aromatic carbocycles. The lowest BCUT2D eigenvalue weighted by molar-refractivity contribution is 0.0305. The van der Waals surface area contributed by atoms with Gasteiger partial charge in [0.25, 0.3) is 0 Å². The molecule has 2 aliphatic rings. The van der Waals surface area contributed by atoms with Gasteiger partial charge in [0.05, 0.1) is 24.5 Å². The summed E-state index contributed by atoms with van der Waals surface area (Å²) in [5.41, 5.74) is 7.80. The molecule has 2 fully saturated rings. The Morgan fingerprint density at radius 2 is 2.06 bits per heavy atom. The van der Waals surface area contributed by atoms with E-state index in [1.807, 2.05) is 19.1 Å². The molecule has 3 rings (SSSR count). The molecule has 2 aliphatic heterocycles. The standard InChI is InChI=1S/C14H20N2O2/c1-2-17-14-7-10(3-6-13(14)15)16-8-11-4-5-12(9-16)18-11/h3,6-7,11-12H,2,4-5,8-9,15H2,1H3. The molecule has 2 bridgehead atoms. The molecule has 0 radical (unpaired) electrons. The maximum Gasteiger partial charge on any atom is 0.144 e. The summed E-state index contributed by atoms with van der Waals surface area (Å²) in [6.07, 6.45) is 3.18. The van der Waals surface area contributed by atoms with Gasteiger partial charge in [0.1, 0.15) is 5.75 Å². The zero-order valence-electron chi connectivity index (χ0n) is 10.8. The highest BCUT2D eigenvalue weighted by atomic mass is 16.5. The molecule has 2 saturated heterocycles. The molecule has 0 aromatic heterocycles. The van der Waals surface area contributed by atoms with Crippen LogP contribution in [0.5, 0.6) is 5.75 Å². The summed E-state index contributed by atoms with van der Waals surface area (Å²) in [7, 11) is 0. The second-order valence-electron chi connectivity index (χ2n) is 5.02. The summed E-state index contributed by atoms with van der Waals surface area (Å²) in [6, 6.07) is 6.05. The number of rotatable bonds is 3. The van der Waals surface area contributed by atoms with Crippen molar-refractivity contribution in [1.29, 1.82) is 0 Å². The lowest BCUT2D eigenvalue weighted by Crippen LogP contribution is -2.42. The average Bonchev–Trinajstić information content (AvgIpc) is 2.71. The summed E-state index contributed by atoms with van der Waals surface area (Å²) in [5.74, 6) is 0.786. The SMILES string of the molecule is CCOc1cc(N2CC3CCC(C2)O3)ccc1N. The van der Waals surface area contributed by atoms with E-state index in [0.29, 0.717) is 24.5 Å². The Hall–Kier alpha value is -1.42. The first-order chi connectivity index (χ1) is 8.76. The van der Waals surface area contributed by atoms with Crippen LogP contribution in [0.4, 0.5) is 11.4 Å². The van der Waals surface area contributed by atoms with Gasteiger partial charge in [-0.3, -0.25) is 0 Å². The van der Waals surface area contributed by atoms with Crippen LogP contribution < -0.4 is 15.4 Å². The van der Waals surface area contributed by atoms with Gasteiger partial charge in [0.15, 0.2) is 0 Å². The van der Waals surface area contributed by atoms with E-state index in [1.165, 1.54) is 18.5 Å². The Kier molecular flexibility index (Phi) is 3.04. The first-order valence-corrected chi connectivity index (χ1v) is 6.69. The molecule has 98 valence electrons. The van der Waals surface area contributed by atoms with Crippen molar-refractivity contribution >= 4 is 11.4 Å². The smallest absolute Gasteiger partial charge is 0.144 e. The molecule has 4 heteroatoms. The molecule has 4 nitrogen and oxygen atoms in total. The van der Waals surface area contributed by atoms with Crippen LogP contribution in [-0.2, 0) is 4.74 Å². The van der Waals surface area contributed by atoms with E-state index in [-0.39, 0.29) is 0 Å². The molecule has 18 heavy (non-hydrogen) atoms. The molecule has 2 N–H and O–H groups in total. The highest BCUT2D eigenvalue weighted by molar-refractivity contribution is 5.62. The fourth-order valence-corrected chi connectivity index (χ4v) is 2.83. The zero-order chi connectivity index (χ0) is 12.5. The van der Waals surface area contributed by atoms with E-state index < -0.39 is 0 Å². The molecular formula is C14H20N2O2. The van der Waals surface area contributed by atoms with Crippen LogP contribution in [0.15, 0.2) is 18.2 Å². The third kappa shape index (κ3) is 2.12. The topological polar surface area (TPSA) is 47.7 Å². The quantitative estimate of drug-likeness (QED) is 0.832. The third-order valence-electron chi connectivity index (χ3n) is 3.71. The number of hydrogen-bond acceptors (Lipinski definition) is 4. The van der Waals surface area contributed by atoms with Crippen molar-refractivity contribution in [2.45, 2.75) is 32.0 Å². The van der Waals surface area contributed by atoms with Crippen molar-refractivity contribution in [3.63, 3.8) is 0 Å². The van der Waals surface area contributed by atoms with Gasteiger partial charge >= 0.3 is 0 Å². The van der Waals surface area contributed by atoms with Gasteiger partial charge in [-0.25, -0.2) is 0 Å². The van der Waals surface area contributed by atoms with Gasteiger partial charge in [-0.2, -0.15) is 0 Å². The molecule has 0 amide bonds. The third-order valence-corrected chi connectivity index (χ3v) is 3.71. The second kappa shape index (κ2) is 4.69. The van der Waals surface area contributed by atoms with Crippen LogP contribution in [0.1, 0.15) is 19.8 Å². The molecule has 0 saturated carbocycles. The Morgan fingerprint density at radius 1 is 1.33 bits per heavy atom. The van der Waals surface area contributed by atoms with Crippen molar-refractivity contribution in [1.82, 2.24) is 0 Å². The summed E-state index contributed by atoms with van der Waals surface area (Å²) >= 11 is 0. The number of nitrogen functional groups attached to an aromatic ring is 1. The summed E-state index contributed by atoms with van der Waals surface area (Å²) in [4.78, 5) is 2.38. The van der Waals surface area contributed by atoms with Gasteiger partial charge in [-0.1, -0.05) is 0 Å². The van der Waals surface area contributed by atoms with Gasteiger partial charge < -0.3 is 20.1 Å². The predicted molar refractivity (Wildman–Crippen MR) is 72.1 cm³/mol. The first kappa shape index (κ1) is 11.7. The van der Waals surface area contributed by atoms with E-state index >= 15 is 0 Å². The monoisotopic (exact) mass is 248 g/mol. The molecule has 2 atom stereocenters.